The summed E-state index contributed by atoms with van der Waals surface area (Å²) in [6.45, 7) is 10.7. The SMILES string of the molecule is CCCc1nc(NCC)c(C)c(NC(C(N)=O)C(C)C)n1. The summed E-state index contributed by atoms with van der Waals surface area (Å²) in [7, 11) is 0. The summed E-state index contributed by atoms with van der Waals surface area (Å²) < 4.78 is 0. The highest BCUT2D eigenvalue weighted by Gasteiger charge is 2.21. The van der Waals surface area contributed by atoms with E-state index in [2.05, 4.69) is 27.5 Å². The van der Waals surface area contributed by atoms with Crippen molar-refractivity contribution in [1.29, 1.82) is 0 Å². The number of hydrogen-bond donors (Lipinski definition) is 3. The van der Waals surface area contributed by atoms with Crippen molar-refractivity contribution in [1.82, 2.24) is 9.97 Å². The number of nitrogens with one attached hydrogen (secondary N) is 2. The Kier molecular flexibility index (Phi) is 6.39. The molecule has 1 rings (SSSR count). The fourth-order valence-corrected chi connectivity index (χ4v) is 2.09. The van der Waals surface area contributed by atoms with Crippen LogP contribution >= 0.6 is 0 Å². The summed E-state index contributed by atoms with van der Waals surface area (Å²) in [5.74, 6) is 1.99. The Morgan fingerprint density at radius 3 is 2.33 bits per heavy atom. The van der Waals surface area contributed by atoms with Gasteiger partial charge in [0.15, 0.2) is 0 Å². The number of carbonyl (C=O) groups excluding carboxylic acids is 1. The van der Waals surface area contributed by atoms with Crippen LogP contribution < -0.4 is 16.4 Å². The molecule has 6 heteroatoms. The lowest BCUT2D eigenvalue weighted by atomic mass is 10.0. The molecule has 0 aliphatic carbocycles. The van der Waals surface area contributed by atoms with Gasteiger partial charge in [-0.15, -0.1) is 0 Å². The van der Waals surface area contributed by atoms with E-state index in [1.54, 1.807) is 0 Å². The highest BCUT2D eigenvalue weighted by molar-refractivity contribution is 5.83. The summed E-state index contributed by atoms with van der Waals surface area (Å²) in [5.41, 5.74) is 6.37. The normalized spacial score (nSPS) is 12.3. The van der Waals surface area contributed by atoms with Gasteiger partial charge in [-0.25, -0.2) is 9.97 Å². The number of primary amides is 1. The van der Waals surface area contributed by atoms with E-state index in [-0.39, 0.29) is 11.8 Å². The zero-order chi connectivity index (χ0) is 16.0. The van der Waals surface area contributed by atoms with Gasteiger partial charge >= 0.3 is 0 Å². The van der Waals surface area contributed by atoms with Crippen LogP contribution in [0.4, 0.5) is 11.6 Å². The number of hydrogen-bond acceptors (Lipinski definition) is 5. The summed E-state index contributed by atoms with van der Waals surface area (Å²) >= 11 is 0. The molecule has 0 radical (unpaired) electrons. The molecule has 1 atom stereocenters. The van der Waals surface area contributed by atoms with Gasteiger partial charge in [0.2, 0.25) is 5.91 Å². The van der Waals surface area contributed by atoms with Crippen molar-refractivity contribution in [2.45, 2.75) is 53.5 Å². The van der Waals surface area contributed by atoms with Gasteiger partial charge in [0, 0.05) is 18.5 Å². The van der Waals surface area contributed by atoms with Gasteiger partial charge in [-0.1, -0.05) is 20.8 Å². The topological polar surface area (TPSA) is 92.9 Å². The minimum Gasteiger partial charge on any atom is -0.370 e. The quantitative estimate of drug-likeness (QED) is 0.682. The second-order valence-corrected chi connectivity index (χ2v) is 5.51. The molecule has 1 aromatic heterocycles. The van der Waals surface area contributed by atoms with Crippen LogP contribution in [0, 0.1) is 12.8 Å². The maximum atomic E-state index is 11.6. The summed E-state index contributed by atoms with van der Waals surface area (Å²) in [6, 6.07) is -0.442. The Hall–Kier alpha value is -1.85. The maximum absolute atomic E-state index is 11.6. The van der Waals surface area contributed by atoms with E-state index in [1.165, 1.54) is 0 Å². The standard InChI is InChI=1S/C15H27N5O/c1-6-8-11-18-14(17-7-2)10(5)15(19-11)20-12(9(3)4)13(16)21/h9,12H,6-8H2,1-5H3,(H2,16,21)(H2,17,18,19,20). The molecule has 0 saturated heterocycles. The minimum absolute atomic E-state index is 0.0917. The van der Waals surface area contributed by atoms with E-state index >= 15 is 0 Å². The van der Waals surface area contributed by atoms with Gasteiger partial charge in [0.25, 0.3) is 0 Å². The van der Waals surface area contributed by atoms with Gasteiger partial charge in [0.1, 0.15) is 23.5 Å². The number of nitrogens with zero attached hydrogens (tertiary/aromatic N) is 2. The summed E-state index contributed by atoms with van der Waals surface area (Å²) in [6.07, 6.45) is 1.77. The van der Waals surface area contributed by atoms with Crippen LogP contribution in [-0.2, 0) is 11.2 Å². The van der Waals surface area contributed by atoms with Crippen molar-refractivity contribution in [2.24, 2.45) is 11.7 Å². The van der Waals surface area contributed by atoms with Crippen LogP contribution in [0.15, 0.2) is 0 Å². The van der Waals surface area contributed by atoms with Gasteiger partial charge in [-0.3, -0.25) is 4.79 Å². The fourth-order valence-electron chi connectivity index (χ4n) is 2.09. The number of anilines is 2. The van der Waals surface area contributed by atoms with Crippen LogP contribution in [0.3, 0.4) is 0 Å². The van der Waals surface area contributed by atoms with Crippen LogP contribution in [0.25, 0.3) is 0 Å². The number of aromatic nitrogens is 2. The predicted octanol–water partition coefficient (Wildman–Crippen LogP) is 2.09. The molecule has 0 fully saturated rings. The lowest BCUT2D eigenvalue weighted by Gasteiger charge is -2.22. The molecule has 0 saturated carbocycles. The monoisotopic (exact) mass is 293 g/mol. The maximum Gasteiger partial charge on any atom is 0.240 e. The second-order valence-electron chi connectivity index (χ2n) is 5.51. The van der Waals surface area contributed by atoms with Crippen LogP contribution in [0.1, 0.15) is 45.5 Å². The van der Waals surface area contributed by atoms with E-state index in [9.17, 15) is 4.79 Å². The van der Waals surface area contributed by atoms with E-state index in [1.807, 2.05) is 27.7 Å². The average molecular weight is 293 g/mol. The van der Waals surface area contributed by atoms with E-state index in [0.29, 0.717) is 5.82 Å². The Labute approximate surface area is 126 Å². The molecule has 0 aliphatic heterocycles. The first-order chi connectivity index (χ1) is 9.90. The van der Waals surface area contributed by atoms with Gasteiger partial charge in [-0.2, -0.15) is 0 Å². The third-order valence-corrected chi connectivity index (χ3v) is 3.28. The number of amides is 1. The number of carbonyl (C=O) groups is 1. The molecule has 1 aromatic rings. The fraction of sp³-hybridized carbons (Fsp3) is 0.667. The van der Waals surface area contributed by atoms with Crippen molar-refractivity contribution in [3.63, 3.8) is 0 Å². The third kappa shape index (κ3) is 4.58. The lowest BCUT2D eigenvalue weighted by molar-refractivity contribution is -0.119. The molecule has 1 heterocycles. The molecule has 118 valence electrons. The van der Waals surface area contributed by atoms with Crippen molar-refractivity contribution < 1.29 is 4.79 Å². The molecule has 6 nitrogen and oxygen atoms in total. The lowest BCUT2D eigenvalue weighted by Crippen LogP contribution is -2.40. The van der Waals surface area contributed by atoms with Crippen molar-refractivity contribution in [2.75, 3.05) is 17.2 Å². The Morgan fingerprint density at radius 1 is 1.24 bits per heavy atom. The first-order valence-electron chi connectivity index (χ1n) is 7.57. The van der Waals surface area contributed by atoms with Gasteiger partial charge in [0.05, 0.1) is 0 Å². The highest BCUT2D eigenvalue weighted by atomic mass is 16.1. The first kappa shape index (κ1) is 17.2. The minimum atomic E-state index is -0.442. The van der Waals surface area contributed by atoms with E-state index < -0.39 is 6.04 Å². The highest BCUT2D eigenvalue weighted by Crippen LogP contribution is 2.22. The number of rotatable bonds is 8. The molecule has 0 aromatic carbocycles. The average Bonchev–Trinajstić information content (AvgIpc) is 2.40. The number of nitrogens with two attached hydrogens (primary N) is 1. The second kappa shape index (κ2) is 7.81. The van der Waals surface area contributed by atoms with Crippen LogP contribution in [0.2, 0.25) is 0 Å². The van der Waals surface area contributed by atoms with Crippen molar-refractivity contribution in [3.05, 3.63) is 11.4 Å². The smallest absolute Gasteiger partial charge is 0.240 e. The summed E-state index contributed by atoms with van der Waals surface area (Å²) in [5, 5.41) is 6.42. The zero-order valence-electron chi connectivity index (χ0n) is 13.7. The Morgan fingerprint density at radius 2 is 1.86 bits per heavy atom. The molecule has 0 bridgehead atoms. The molecule has 0 spiro atoms. The largest absolute Gasteiger partial charge is 0.370 e. The molecule has 1 amide bonds. The molecule has 21 heavy (non-hydrogen) atoms. The van der Waals surface area contributed by atoms with Crippen molar-refractivity contribution >= 4 is 17.5 Å². The predicted molar refractivity (Wildman–Crippen MR) is 86.4 cm³/mol. The van der Waals surface area contributed by atoms with Crippen LogP contribution in [0.5, 0.6) is 0 Å². The molecule has 4 N–H and O–H groups in total. The van der Waals surface area contributed by atoms with E-state index in [0.717, 1.165) is 36.6 Å². The molecule has 1 unspecified atom stereocenters. The zero-order valence-corrected chi connectivity index (χ0v) is 13.7. The van der Waals surface area contributed by atoms with Crippen molar-refractivity contribution in [3.8, 4) is 0 Å². The number of aryl methyl sites for hydroxylation is 1. The molecular formula is C15H27N5O. The van der Waals surface area contributed by atoms with Gasteiger partial charge < -0.3 is 16.4 Å². The molecular weight excluding hydrogens is 266 g/mol. The van der Waals surface area contributed by atoms with Crippen LogP contribution in [-0.4, -0.2) is 28.5 Å². The summed E-state index contributed by atoms with van der Waals surface area (Å²) in [4.78, 5) is 20.6. The Bertz CT molecular complexity index is 487. The first-order valence-corrected chi connectivity index (χ1v) is 7.57. The molecule has 0 aliphatic rings. The third-order valence-electron chi connectivity index (χ3n) is 3.28. The Balaban J connectivity index is 3.16. The van der Waals surface area contributed by atoms with E-state index in [4.69, 9.17) is 5.73 Å². The van der Waals surface area contributed by atoms with Gasteiger partial charge in [-0.05, 0) is 26.2 Å².